The lowest BCUT2D eigenvalue weighted by Crippen LogP contribution is -2.24. The fraction of sp³-hybridized carbons (Fsp3) is 0.500. The van der Waals surface area contributed by atoms with Gasteiger partial charge in [0, 0.05) is 4.90 Å². The molecule has 1 aromatic carbocycles. The maximum absolute atomic E-state index is 11.7. The Hall–Kier alpha value is -1.00. The van der Waals surface area contributed by atoms with Crippen LogP contribution < -0.4 is 0 Å². The number of hydrogen-bond donors (Lipinski definition) is 1. The standard InChI is InChI=1S/C14H20O3S/c1-4-12(14(16)17-5-2)13(15)10-6-8-11(18-3)9-7-10/h6-9,12-13,15H,4-5H2,1-3H3. The summed E-state index contributed by atoms with van der Waals surface area (Å²) in [7, 11) is 0. The number of rotatable bonds is 6. The van der Waals surface area contributed by atoms with Gasteiger partial charge in [0.25, 0.3) is 0 Å². The van der Waals surface area contributed by atoms with E-state index in [1.807, 2.05) is 37.4 Å². The number of esters is 1. The average molecular weight is 268 g/mol. The summed E-state index contributed by atoms with van der Waals surface area (Å²) in [6, 6.07) is 7.61. The van der Waals surface area contributed by atoms with Crippen molar-refractivity contribution in [2.75, 3.05) is 12.9 Å². The summed E-state index contributed by atoms with van der Waals surface area (Å²) < 4.78 is 4.98. The summed E-state index contributed by atoms with van der Waals surface area (Å²) in [5.41, 5.74) is 0.757. The van der Waals surface area contributed by atoms with Gasteiger partial charge in [-0.1, -0.05) is 19.1 Å². The van der Waals surface area contributed by atoms with E-state index >= 15 is 0 Å². The van der Waals surface area contributed by atoms with E-state index < -0.39 is 12.0 Å². The molecule has 3 nitrogen and oxygen atoms in total. The highest BCUT2D eigenvalue weighted by molar-refractivity contribution is 7.98. The molecular formula is C14H20O3S. The van der Waals surface area contributed by atoms with Gasteiger partial charge >= 0.3 is 5.97 Å². The van der Waals surface area contributed by atoms with Crippen molar-refractivity contribution in [3.8, 4) is 0 Å². The number of thioether (sulfide) groups is 1. The lowest BCUT2D eigenvalue weighted by Gasteiger charge is -2.20. The Kier molecular flexibility index (Phi) is 6.22. The normalized spacial score (nSPS) is 14.0. The number of carbonyl (C=O) groups is 1. The minimum absolute atomic E-state index is 0.332. The highest BCUT2D eigenvalue weighted by Gasteiger charge is 2.27. The monoisotopic (exact) mass is 268 g/mol. The third kappa shape index (κ3) is 3.75. The van der Waals surface area contributed by atoms with Crippen LogP contribution in [0.5, 0.6) is 0 Å². The van der Waals surface area contributed by atoms with Crippen LogP contribution in [-0.2, 0) is 9.53 Å². The van der Waals surface area contributed by atoms with Gasteiger partial charge < -0.3 is 9.84 Å². The van der Waals surface area contributed by atoms with E-state index in [0.29, 0.717) is 13.0 Å². The smallest absolute Gasteiger partial charge is 0.311 e. The Morgan fingerprint density at radius 1 is 1.33 bits per heavy atom. The molecule has 0 aliphatic heterocycles. The Morgan fingerprint density at radius 2 is 1.94 bits per heavy atom. The highest BCUT2D eigenvalue weighted by Crippen LogP contribution is 2.27. The average Bonchev–Trinajstić information content (AvgIpc) is 2.40. The van der Waals surface area contributed by atoms with Crippen LogP contribution in [-0.4, -0.2) is 23.9 Å². The van der Waals surface area contributed by atoms with E-state index in [9.17, 15) is 9.90 Å². The number of hydrogen-bond acceptors (Lipinski definition) is 4. The largest absolute Gasteiger partial charge is 0.466 e. The number of benzene rings is 1. The topological polar surface area (TPSA) is 46.5 Å². The van der Waals surface area contributed by atoms with Crippen LogP contribution >= 0.6 is 11.8 Å². The zero-order valence-corrected chi connectivity index (χ0v) is 11.9. The summed E-state index contributed by atoms with van der Waals surface area (Å²) in [6.45, 7) is 3.98. The molecule has 1 aromatic rings. The number of carbonyl (C=O) groups excluding carboxylic acids is 1. The molecule has 0 radical (unpaired) electrons. The van der Waals surface area contributed by atoms with E-state index in [0.717, 1.165) is 10.5 Å². The first kappa shape index (κ1) is 15.1. The van der Waals surface area contributed by atoms with Crippen molar-refractivity contribution in [1.82, 2.24) is 0 Å². The minimum atomic E-state index is -0.801. The maximum atomic E-state index is 11.7. The first-order valence-corrected chi connectivity index (χ1v) is 7.35. The summed E-state index contributed by atoms with van der Waals surface area (Å²) >= 11 is 1.64. The summed E-state index contributed by atoms with van der Waals surface area (Å²) in [5.74, 6) is -0.827. The Labute approximate surface area is 113 Å². The van der Waals surface area contributed by atoms with Crippen LogP contribution in [0.25, 0.3) is 0 Å². The van der Waals surface area contributed by atoms with Crippen LogP contribution in [0, 0.1) is 5.92 Å². The van der Waals surface area contributed by atoms with E-state index in [1.165, 1.54) is 0 Å². The Morgan fingerprint density at radius 3 is 2.39 bits per heavy atom. The van der Waals surface area contributed by atoms with Crippen molar-refractivity contribution in [3.63, 3.8) is 0 Å². The van der Waals surface area contributed by atoms with Crippen molar-refractivity contribution >= 4 is 17.7 Å². The molecule has 1 rings (SSSR count). The number of aliphatic hydroxyl groups is 1. The fourth-order valence-corrected chi connectivity index (χ4v) is 2.21. The van der Waals surface area contributed by atoms with Crippen molar-refractivity contribution in [2.24, 2.45) is 5.92 Å². The van der Waals surface area contributed by atoms with Gasteiger partial charge in [0.1, 0.15) is 0 Å². The molecular weight excluding hydrogens is 248 g/mol. The molecule has 0 saturated heterocycles. The molecule has 0 aromatic heterocycles. The molecule has 2 unspecified atom stereocenters. The molecule has 0 aliphatic rings. The van der Waals surface area contributed by atoms with Gasteiger partial charge in [-0.05, 0) is 37.3 Å². The lowest BCUT2D eigenvalue weighted by atomic mass is 9.93. The SMILES string of the molecule is CCOC(=O)C(CC)C(O)c1ccc(SC)cc1. The molecule has 0 heterocycles. The predicted molar refractivity (Wildman–Crippen MR) is 73.6 cm³/mol. The molecule has 0 spiro atoms. The van der Waals surface area contributed by atoms with Crippen LogP contribution in [0.3, 0.4) is 0 Å². The highest BCUT2D eigenvalue weighted by atomic mass is 32.2. The number of ether oxygens (including phenoxy) is 1. The van der Waals surface area contributed by atoms with Crippen LogP contribution in [0.1, 0.15) is 31.9 Å². The van der Waals surface area contributed by atoms with Gasteiger partial charge in [0.15, 0.2) is 0 Å². The van der Waals surface area contributed by atoms with Crippen LogP contribution in [0.15, 0.2) is 29.2 Å². The Balaban J connectivity index is 2.81. The van der Waals surface area contributed by atoms with Crippen LogP contribution in [0.4, 0.5) is 0 Å². The second-order valence-electron chi connectivity index (χ2n) is 3.98. The molecule has 2 atom stereocenters. The molecule has 0 amide bonds. The van der Waals surface area contributed by atoms with Gasteiger partial charge in [-0.3, -0.25) is 4.79 Å². The number of aliphatic hydroxyl groups excluding tert-OH is 1. The maximum Gasteiger partial charge on any atom is 0.311 e. The first-order chi connectivity index (χ1) is 8.63. The first-order valence-electron chi connectivity index (χ1n) is 6.12. The Bertz CT molecular complexity index is 375. The molecule has 0 fully saturated rings. The molecule has 1 N–H and O–H groups in total. The second kappa shape index (κ2) is 7.44. The van der Waals surface area contributed by atoms with Gasteiger partial charge in [0.05, 0.1) is 18.6 Å². The molecule has 18 heavy (non-hydrogen) atoms. The zero-order chi connectivity index (χ0) is 13.5. The lowest BCUT2D eigenvalue weighted by molar-refractivity contribution is -0.152. The minimum Gasteiger partial charge on any atom is -0.466 e. The van der Waals surface area contributed by atoms with Crippen molar-refractivity contribution in [1.29, 1.82) is 0 Å². The van der Waals surface area contributed by atoms with Gasteiger partial charge in [0.2, 0.25) is 0 Å². The van der Waals surface area contributed by atoms with Crippen molar-refractivity contribution < 1.29 is 14.6 Å². The second-order valence-corrected chi connectivity index (χ2v) is 4.86. The summed E-state index contributed by atoms with van der Waals surface area (Å²) in [4.78, 5) is 12.9. The molecule has 0 bridgehead atoms. The van der Waals surface area contributed by atoms with E-state index in [1.54, 1.807) is 18.7 Å². The molecule has 4 heteroatoms. The van der Waals surface area contributed by atoms with Crippen molar-refractivity contribution in [2.45, 2.75) is 31.3 Å². The van der Waals surface area contributed by atoms with Crippen LogP contribution in [0.2, 0.25) is 0 Å². The summed E-state index contributed by atoms with van der Waals surface area (Å²) in [6.07, 6.45) is 1.76. The quantitative estimate of drug-likeness (QED) is 0.636. The van der Waals surface area contributed by atoms with E-state index in [-0.39, 0.29) is 5.97 Å². The fourth-order valence-electron chi connectivity index (χ4n) is 1.80. The third-order valence-corrected chi connectivity index (χ3v) is 3.61. The summed E-state index contributed by atoms with van der Waals surface area (Å²) in [5, 5.41) is 10.2. The van der Waals surface area contributed by atoms with Crippen molar-refractivity contribution in [3.05, 3.63) is 29.8 Å². The predicted octanol–water partition coefficient (Wildman–Crippen LogP) is 3.03. The van der Waals surface area contributed by atoms with E-state index in [4.69, 9.17) is 4.74 Å². The third-order valence-electron chi connectivity index (χ3n) is 2.87. The van der Waals surface area contributed by atoms with E-state index in [2.05, 4.69) is 0 Å². The molecule has 0 aliphatic carbocycles. The zero-order valence-electron chi connectivity index (χ0n) is 11.1. The van der Waals surface area contributed by atoms with Gasteiger partial charge in [-0.15, -0.1) is 11.8 Å². The van der Waals surface area contributed by atoms with Gasteiger partial charge in [-0.2, -0.15) is 0 Å². The molecule has 0 saturated carbocycles. The molecule has 100 valence electrons. The van der Waals surface area contributed by atoms with Gasteiger partial charge in [-0.25, -0.2) is 0 Å².